The van der Waals surface area contributed by atoms with Crippen LogP contribution >= 0.6 is 0 Å². The molecule has 0 bridgehead atoms. The smallest absolute Gasteiger partial charge is 0.0144 e. The molecule has 0 aromatic carbocycles. The predicted octanol–water partition coefficient (Wildman–Crippen LogP) is 3.01. The van der Waals surface area contributed by atoms with Crippen LogP contribution in [-0.4, -0.2) is 47.7 Å². The molecule has 0 aromatic rings. The molecule has 2 fully saturated rings. The predicted molar refractivity (Wildman–Crippen MR) is 91.8 cm³/mol. The summed E-state index contributed by atoms with van der Waals surface area (Å²) >= 11 is 0. The van der Waals surface area contributed by atoms with Crippen LogP contribution in [0.3, 0.4) is 0 Å². The van der Waals surface area contributed by atoms with Gasteiger partial charge < -0.3 is 15.5 Å². The number of nitrogens with zero attached hydrogens (tertiary/aromatic N) is 1. The summed E-state index contributed by atoms with van der Waals surface area (Å²) in [6.07, 6.45) is 5.21. The molecule has 2 aliphatic heterocycles. The molecule has 2 aliphatic rings. The van der Waals surface area contributed by atoms with Crippen molar-refractivity contribution in [3.63, 3.8) is 0 Å². The highest BCUT2D eigenvalue weighted by Crippen LogP contribution is 2.29. The van der Waals surface area contributed by atoms with E-state index in [2.05, 4.69) is 57.1 Å². The molecule has 0 saturated carbocycles. The summed E-state index contributed by atoms with van der Waals surface area (Å²) in [5.74, 6) is 0.819. The van der Waals surface area contributed by atoms with Crippen molar-refractivity contribution in [1.29, 1.82) is 0 Å². The lowest BCUT2D eigenvalue weighted by atomic mass is 9.79. The Morgan fingerprint density at radius 2 is 1.81 bits per heavy atom. The van der Waals surface area contributed by atoms with Crippen molar-refractivity contribution >= 4 is 0 Å². The van der Waals surface area contributed by atoms with Gasteiger partial charge in [-0.1, -0.05) is 6.92 Å². The Balaban J connectivity index is 1.91. The van der Waals surface area contributed by atoms with Crippen LogP contribution in [0.2, 0.25) is 0 Å². The van der Waals surface area contributed by atoms with Crippen molar-refractivity contribution in [1.82, 2.24) is 15.5 Å². The SMILES string of the molecule is CCN1CCCC(C(C)NC2CC(C)(C)NC(C)(C)C2)C1. The van der Waals surface area contributed by atoms with Crippen molar-refractivity contribution in [2.45, 2.75) is 90.4 Å². The van der Waals surface area contributed by atoms with Gasteiger partial charge in [0.25, 0.3) is 0 Å². The number of piperidine rings is 2. The van der Waals surface area contributed by atoms with Gasteiger partial charge in [0, 0.05) is 29.7 Å². The molecule has 0 aliphatic carbocycles. The molecule has 3 heteroatoms. The van der Waals surface area contributed by atoms with Crippen LogP contribution in [0, 0.1) is 5.92 Å². The van der Waals surface area contributed by atoms with Crippen molar-refractivity contribution in [3.05, 3.63) is 0 Å². The van der Waals surface area contributed by atoms with E-state index in [1.54, 1.807) is 0 Å². The minimum Gasteiger partial charge on any atom is -0.311 e. The lowest BCUT2D eigenvalue weighted by molar-refractivity contribution is 0.114. The van der Waals surface area contributed by atoms with Crippen LogP contribution in [0.25, 0.3) is 0 Å². The van der Waals surface area contributed by atoms with E-state index in [0.717, 1.165) is 5.92 Å². The minimum absolute atomic E-state index is 0.237. The van der Waals surface area contributed by atoms with E-state index < -0.39 is 0 Å². The van der Waals surface area contributed by atoms with Crippen molar-refractivity contribution in [2.24, 2.45) is 5.92 Å². The van der Waals surface area contributed by atoms with E-state index >= 15 is 0 Å². The quantitative estimate of drug-likeness (QED) is 0.835. The molecule has 2 saturated heterocycles. The topological polar surface area (TPSA) is 27.3 Å². The summed E-state index contributed by atoms with van der Waals surface area (Å²) in [7, 11) is 0. The first-order valence-corrected chi connectivity index (χ1v) is 8.98. The van der Waals surface area contributed by atoms with Crippen molar-refractivity contribution < 1.29 is 0 Å². The van der Waals surface area contributed by atoms with Crippen LogP contribution in [0.15, 0.2) is 0 Å². The molecule has 124 valence electrons. The fourth-order valence-electron chi connectivity index (χ4n) is 4.73. The highest BCUT2D eigenvalue weighted by molar-refractivity contribution is 5.00. The van der Waals surface area contributed by atoms with Gasteiger partial charge in [0.1, 0.15) is 0 Å². The van der Waals surface area contributed by atoms with Crippen LogP contribution in [0.4, 0.5) is 0 Å². The van der Waals surface area contributed by atoms with Gasteiger partial charge in [0.15, 0.2) is 0 Å². The van der Waals surface area contributed by atoms with Crippen LogP contribution in [0.1, 0.15) is 67.2 Å². The lowest BCUT2D eigenvalue weighted by Crippen LogP contribution is -2.63. The molecule has 2 atom stereocenters. The molecule has 0 aromatic heterocycles. The summed E-state index contributed by atoms with van der Waals surface area (Å²) in [5, 5.41) is 7.76. The number of likely N-dealkylation sites (tertiary alicyclic amines) is 1. The normalized spacial score (nSPS) is 32.0. The number of hydrogen-bond acceptors (Lipinski definition) is 3. The Labute approximate surface area is 132 Å². The van der Waals surface area contributed by atoms with E-state index in [-0.39, 0.29) is 11.1 Å². The second-order valence-electron chi connectivity index (χ2n) is 8.75. The van der Waals surface area contributed by atoms with Gasteiger partial charge in [0.2, 0.25) is 0 Å². The van der Waals surface area contributed by atoms with Gasteiger partial charge >= 0.3 is 0 Å². The Morgan fingerprint density at radius 1 is 1.19 bits per heavy atom. The Hall–Kier alpha value is -0.120. The fraction of sp³-hybridized carbons (Fsp3) is 1.00. The maximum absolute atomic E-state index is 3.98. The molecule has 2 heterocycles. The molecule has 2 unspecified atom stereocenters. The maximum atomic E-state index is 3.98. The van der Waals surface area contributed by atoms with Gasteiger partial charge in [-0.3, -0.25) is 0 Å². The zero-order valence-corrected chi connectivity index (χ0v) is 15.1. The third-order valence-corrected chi connectivity index (χ3v) is 5.39. The largest absolute Gasteiger partial charge is 0.311 e. The van der Waals surface area contributed by atoms with Crippen LogP contribution in [0.5, 0.6) is 0 Å². The van der Waals surface area contributed by atoms with E-state index in [9.17, 15) is 0 Å². The second-order valence-corrected chi connectivity index (χ2v) is 8.75. The molecule has 3 nitrogen and oxygen atoms in total. The van der Waals surface area contributed by atoms with Gasteiger partial charge in [-0.15, -0.1) is 0 Å². The average Bonchev–Trinajstić information content (AvgIpc) is 2.35. The first kappa shape index (κ1) is 17.2. The standard InChI is InChI=1S/C18H37N3/c1-7-21-10-8-9-15(13-21)14(2)19-16-11-17(3,4)20-18(5,6)12-16/h14-16,19-20H,7-13H2,1-6H3. The Bertz CT molecular complexity index is 321. The maximum Gasteiger partial charge on any atom is 0.0144 e. The van der Waals surface area contributed by atoms with E-state index in [1.165, 1.54) is 45.3 Å². The molecule has 0 radical (unpaired) electrons. The van der Waals surface area contributed by atoms with Crippen LogP contribution < -0.4 is 10.6 Å². The molecule has 2 rings (SSSR count). The van der Waals surface area contributed by atoms with E-state index in [0.29, 0.717) is 12.1 Å². The summed E-state index contributed by atoms with van der Waals surface area (Å²) in [6, 6.07) is 1.28. The molecular formula is C18H37N3. The highest BCUT2D eigenvalue weighted by Gasteiger charge is 2.38. The first-order valence-electron chi connectivity index (χ1n) is 8.98. The second kappa shape index (κ2) is 6.55. The summed E-state index contributed by atoms with van der Waals surface area (Å²) < 4.78 is 0. The van der Waals surface area contributed by atoms with E-state index in [4.69, 9.17) is 0 Å². The minimum atomic E-state index is 0.237. The van der Waals surface area contributed by atoms with Gasteiger partial charge in [-0.25, -0.2) is 0 Å². The number of hydrogen-bond donors (Lipinski definition) is 2. The summed E-state index contributed by atoms with van der Waals surface area (Å²) in [6.45, 7) is 17.8. The van der Waals surface area contributed by atoms with Gasteiger partial charge in [-0.2, -0.15) is 0 Å². The monoisotopic (exact) mass is 295 g/mol. The van der Waals surface area contributed by atoms with Crippen molar-refractivity contribution in [2.75, 3.05) is 19.6 Å². The Kier molecular flexibility index (Phi) is 5.38. The first-order chi connectivity index (χ1) is 9.71. The highest BCUT2D eigenvalue weighted by atomic mass is 15.1. The van der Waals surface area contributed by atoms with Gasteiger partial charge in [-0.05, 0) is 79.3 Å². The Morgan fingerprint density at radius 3 is 2.38 bits per heavy atom. The molecular weight excluding hydrogens is 258 g/mol. The molecule has 2 N–H and O–H groups in total. The summed E-state index contributed by atoms with van der Waals surface area (Å²) in [5.41, 5.74) is 0.475. The zero-order valence-electron chi connectivity index (χ0n) is 15.1. The zero-order chi connectivity index (χ0) is 15.7. The fourth-order valence-corrected chi connectivity index (χ4v) is 4.73. The summed E-state index contributed by atoms with van der Waals surface area (Å²) in [4.78, 5) is 2.61. The molecule has 0 amide bonds. The van der Waals surface area contributed by atoms with E-state index in [1.807, 2.05) is 0 Å². The number of nitrogens with one attached hydrogen (secondary N) is 2. The molecule has 21 heavy (non-hydrogen) atoms. The average molecular weight is 296 g/mol. The third kappa shape index (κ3) is 4.94. The molecule has 0 spiro atoms. The van der Waals surface area contributed by atoms with Gasteiger partial charge in [0.05, 0.1) is 0 Å². The lowest BCUT2D eigenvalue weighted by Gasteiger charge is -2.48. The third-order valence-electron chi connectivity index (χ3n) is 5.39. The van der Waals surface area contributed by atoms with Crippen LogP contribution in [-0.2, 0) is 0 Å². The van der Waals surface area contributed by atoms with Crippen molar-refractivity contribution in [3.8, 4) is 0 Å². The number of rotatable bonds is 4.